The summed E-state index contributed by atoms with van der Waals surface area (Å²) in [5.74, 6) is 0.679. The van der Waals surface area contributed by atoms with Crippen LogP contribution in [0.4, 0.5) is 0 Å². The summed E-state index contributed by atoms with van der Waals surface area (Å²) >= 11 is 2.31. The molecular weight excluding hydrogens is 223 g/mol. The molecule has 1 heterocycles. The van der Waals surface area contributed by atoms with Gasteiger partial charge in [-0.2, -0.15) is 19.3 Å². The van der Waals surface area contributed by atoms with Crippen molar-refractivity contribution < 1.29 is 24.3 Å². The molecule has 2 aliphatic rings. The van der Waals surface area contributed by atoms with Crippen molar-refractivity contribution in [2.45, 2.75) is 51.7 Å². The van der Waals surface area contributed by atoms with E-state index in [4.69, 9.17) is 8.60 Å². The van der Waals surface area contributed by atoms with Crippen molar-refractivity contribution in [2.24, 2.45) is 5.92 Å². The van der Waals surface area contributed by atoms with Gasteiger partial charge in [-0.1, -0.05) is 13.3 Å². The quantitative estimate of drug-likeness (QED) is 0.523. The molecule has 1 aliphatic heterocycles. The van der Waals surface area contributed by atoms with Crippen LogP contribution in [-0.4, -0.2) is 12.2 Å². The first-order valence-electron chi connectivity index (χ1n) is 5.17. The van der Waals surface area contributed by atoms with Crippen molar-refractivity contribution >= 4 is 0 Å². The summed E-state index contributed by atoms with van der Waals surface area (Å²) in [7, 11) is 0. The molecule has 3 unspecified atom stereocenters. The zero-order valence-electron chi connectivity index (χ0n) is 8.99. The van der Waals surface area contributed by atoms with Gasteiger partial charge in [-0.05, 0) is 12.8 Å². The van der Waals surface area contributed by atoms with Gasteiger partial charge in [0.25, 0.3) is 0 Å². The van der Waals surface area contributed by atoms with Crippen LogP contribution in [-0.2, 0) is 24.3 Å². The molecule has 0 N–H and O–H groups in total. The Hall–Kier alpha value is 0.266. The van der Waals surface area contributed by atoms with Gasteiger partial charge >= 0.3 is 19.5 Å². The van der Waals surface area contributed by atoms with E-state index in [1.165, 1.54) is 25.7 Å². The number of rotatable bonds is 1. The van der Waals surface area contributed by atoms with Crippen molar-refractivity contribution in [1.29, 1.82) is 0 Å². The molecule has 1 aliphatic carbocycles. The Morgan fingerprint density at radius 1 is 1.43 bits per heavy atom. The Morgan fingerprint density at radius 3 is 2.36 bits per heavy atom. The molecule has 3 atom stereocenters. The van der Waals surface area contributed by atoms with Crippen molar-refractivity contribution in [2.75, 3.05) is 0 Å². The van der Waals surface area contributed by atoms with Gasteiger partial charge in [0.2, 0.25) is 0 Å². The van der Waals surface area contributed by atoms with Crippen molar-refractivity contribution in [1.82, 2.24) is 0 Å². The van der Waals surface area contributed by atoms with Crippen LogP contribution in [0, 0.1) is 19.3 Å². The second kappa shape index (κ2) is 8.56. The Labute approximate surface area is 95.6 Å². The summed E-state index contributed by atoms with van der Waals surface area (Å²) in [6.45, 7) is 8.18. The number of unbranched alkanes of at least 4 members (excludes halogenated alkanes) is 1. The van der Waals surface area contributed by atoms with Gasteiger partial charge in [-0.15, -0.1) is 0 Å². The van der Waals surface area contributed by atoms with Crippen LogP contribution in [0.3, 0.4) is 0 Å². The third-order valence-electron chi connectivity index (χ3n) is 2.52. The standard InChI is InChI=1S/C7H11O.C4H9.Co.O/c1-5-2-3-6-7(4-5)8-6;1-3-4-2;;/h5-7H,1-4H2;3H,4H2,1-2H3;;/q2*-1;;. The van der Waals surface area contributed by atoms with Crippen LogP contribution in [0.5, 0.6) is 0 Å². The Kier molecular flexibility index (Phi) is 8.73. The van der Waals surface area contributed by atoms with E-state index in [1.54, 1.807) is 0 Å². The second-order valence-corrected chi connectivity index (χ2v) is 3.71. The molecule has 1 saturated carbocycles. The van der Waals surface area contributed by atoms with Crippen molar-refractivity contribution in [3.05, 3.63) is 13.3 Å². The Bertz CT molecular complexity index is 139. The summed E-state index contributed by atoms with van der Waals surface area (Å²) in [5, 5.41) is 0. The molecule has 0 aromatic carbocycles. The third kappa shape index (κ3) is 5.88. The van der Waals surface area contributed by atoms with E-state index in [9.17, 15) is 0 Å². The fourth-order valence-electron chi connectivity index (χ4n) is 1.49. The topological polar surface area (TPSA) is 29.6 Å². The van der Waals surface area contributed by atoms with Crippen molar-refractivity contribution in [3.8, 4) is 0 Å². The number of hydrogen-bond acceptors (Lipinski definition) is 2. The second-order valence-electron chi connectivity index (χ2n) is 3.71. The van der Waals surface area contributed by atoms with Crippen LogP contribution in [0.25, 0.3) is 0 Å². The van der Waals surface area contributed by atoms with Gasteiger partial charge in [0.05, 0.1) is 12.2 Å². The predicted molar refractivity (Wildman–Crippen MR) is 52.3 cm³/mol. The number of epoxide rings is 1. The summed E-state index contributed by atoms with van der Waals surface area (Å²) in [4.78, 5) is 0. The van der Waals surface area contributed by atoms with Crippen LogP contribution in [0.2, 0.25) is 0 Å². The zero-order chi connectivity index (χ0) is 11.0. The maximum atomic E-state index is 7.94. The zero-order valence-corrected chi connectivity index (χ0v) is 10.0. The number of hydrogen-bond donors (Lipinski definition) is 0. The average molecular weight is 243 g/mol. The van der Waals surface area contributed by atoms with E-state index >= 15 is 0 Å². The molecule has 2 fully saturated rings. The van der Waals surface area contributed by atoms with Gasteiger partial charge in [0, 0.05) is 0 Å². The van der Waals surface area contributed by atoms with E-state index in [0.717, 1.165) is 0 Å². The predicted octanol–water partition coefficient (Wildman–Crippen LogP) is 2.89. The van der Waals surface area contributed by atoms with Crippen LogP contribution < -0.4 is 0 Å². The molecule has 87 valence electrons. The fraction of sp³-hybridized carbons (Fsp3) is 0.818. The molecule has 0 bridgehead atoms. The minimum atomic E-state index is 0.617. The molecule has 1 saturated heterocycles. The SMILES string of the molecule is C[CH-]CC.[CH2-]C1CCC2OC2C1.[O]=[Co]. The third-order valence-corrected chi connectivity index (χ3v) is 2.52. The summed E-state index contributed by atoms with van der Waals surface area (Å²) in [6.07, 6.45) is 8.34. The first-order valence-corrected chi connectivity index (χ1v) is 5.60. The van der Waals surface area contributed by atoms with E-state index in [2.05, 4.69) is 42.9 Å². The monoisotopic (exact) mass is 243 g/mol. The minimum absolute atomic E-state index is 0.617. The van der Waals surface area contributed by atoms with Crippen LogP contribution >= 0.6 is 0 Å². The number of fused-ring (bicyclic) bond motifs is 1. The number of ether oxygens (including phenoxy) is 1. The van der Waals surface area contributed by atoms with E-state index in [0.29, 0.717) is 18.1 Å². The van der Waals surface area contributed by atoms with Gasteiger partial charge in [0.15, 0.2) is 0 Å². The van der Waals surface area contributed by atoms with Gasteiger partial charge in [0.1, 0.15) is 0 Å². The molecule has 3 heteroatoms. The molecular formula is C11H20CoO2-2. The summed E-state index contributed by atoms with van der Waals surface area (Å²) < 4.78 is 13.2. The summed E-state index contributed by atoms with van der Waals surface area (Å²) in [6, 6.07) is 0. The molecule has 0 aromatic heterocycles. The molecule has 14 heavy (non-hydrogen) atoms. The maximum absolute atomic E-state index is 7.94. The normalized spacial score (nSPS) is 32.7. The first-order chi connectivity index (χ1) is 6.77. The fourth-order valence-corrected chi connectivity index (χ4v) is 1.49. The van der Waals surface area contributed by atoms with Crippen molar-refractivity contribution in [3.63, 3.8) is 0 Å². The Morgan fingerprint density at radius 2 is 2.00 bits per heavy atom. The molecule has 0 radical (unpaired) electrons. The van der Waals surface area contributed by atoms with Crippen LogP contribution in [0.15, 0.2) is 0 Å². The van der Waals surface area contributed by atoms with E-state index in [1.807, 2.05) is 0 Å². The van der Waals surface area contributed by atoms with Gasteiger partial charge in [-0.25, -0.2) is 0 Å². The van der Waals surface area contributed by atoms with E-state index in [-0.39, 0.29) is 0 Å². The van der Waals surface area contributed by atoms with Gasteiger partial charge < -0.3 is 18.1 Å². The van der Waals surface area contributed by atoms with E-state index < -0.39 is 0 Å². The summed E-state index contributed by atoms with van der Waals surface area (Å²) in [5.41, 5.74) is 0. The molecule has 2 rings (SSSR count). The first kappa shape index (κ1) is 14.3. The average Bonchev–Trinajstić information content (AvgIpc) is 2.99. The molecule has 0 aromatic rings. The van der Waals surface area contributed by atoms with Gasteiger partial charge in [-0.3, -0.25) is 0 Å². The molecule has 0 amide bonds. The molecule has 2 nitrogen and oxygen atoms in total. The Balaban J connectivity index is 0.000000245. The van der Waals surface area contributed by atoms with Crippen LogP contribution in [0.1, 0.15) is 39.5 Å². The molecule has 0 spiro atoms.